The molecule has 1 saturated carbocycles. The van der Waals surface area contributed by atoms with E-state index in [1.807, 2.05) is 0 Å². The molecule has 1 atom stereocenters. The SMILES string of the molecule is BrC1[CH]CC1. The molecule has 1 unspecified atom stereocenters. The van der Waals surface area contributed by atoms with E-state index in [4.69, 9.17) is 0 Å². The van der Waals surface area contributed by atoms with E-state index in [9.17, 15) is 0 Å². The Kier molecular flexibility index (Phi) is 0.946. The third-order valence-electron chi connectivity index (χ3n) is 0.865. The fraction of sp³-hybridized carbons (Fsp3) is 0.750. The van der Waals surface area contributed by atoms with Gasteiger partial charge in [-0.25, -0.2) is 0 Å². The lowest BCUT2D eigenvalue weighted by Crippen LogP contribution is -2.08. The quantitative estimate of drug-likeness (QED) is 0.442. The second-order valence-corrected chi connectivity index (χ2v) is 2.51. The molecule has 5 heavy (non-hydrogen) atoms. The molecule has 0 nitrogen and oxygen atoms in total. The summed E-state index contributed by atoms with van der Waals surface area (Å²) in [6.07, 6.45) is 4.93. The molecule has 29 valence electrons. The van der Waals surface area contributed by atoms with Gasteiger partial charge in [0.1, 0.15) is 0 Å². The number of hydrogen-bond acceptors (Lipinski definition) is 0. The first kappa shape index (κ1) is 3.66. The van der Waals surface area contributed by atoms with Gasteiger partial charge in [-0.1, -0.05) is 15.9 Å². The van der Waals surface area contributed by atoms with Crippen LogP contribution in [0.25, 0.3) is 0 Å². The largest absolute Gasteiger partial charge is 0.0888 e. The normalized spacial score (nSPS) is 25.8. The van der Waals surface area contributed by atoms with Gasteiger partial charge in [-0.15, -0.1) is 0 Å². The zero-order valence-corrected chi connectivity index (χ0v) is 4.53. The standard InChI is InChI=1S/C4H6Br/c5-4-2-1-3-4/h2,4H,1,3H2. The molecule has 0 N–H and O–H groups in total. The van der Waals surface area contributed by atoms with Crippen molar-refractivity contribution < 1.29 is 0 Å². The van der Waals surface area contributed by atoms with E-state index in [0.717, 1.165) is 4.83 Å². The lowest BCUT2D eigenvalue weighted by Gasteiger charge is -2.16. The molecule has 1 aliphatic rings. The molecule has 0 aromatic rings. The Balaban J connectivity index is 2.08. The molecule has 1 heteroatoms. The topological polar surface area (TPSA) is 0 Å². The molecular formula is C4H6Br. The van der Waals surface area contributed by atoms with Crippen LogP contribution in [0, 0.1) is 6.42 Å². The predicted octanol–water partition coefficient (Wildman–Crippen LogP) is 1.75. The Labute approximate surface area is 40.7 Å². The van der Waals surface area contributed by atoms with Crippen molar-refractivity contribution in [2.45, 2.75) is 17.7 Å². The average Bonchev–Trinajstić information content (AvgIpc) is 1.30. The van der Waals surface area contributed by atoms with Crippen LogP contribution in [0.4, 0.5) is 0 Å². The maximum atomic E-state index is 3.40. The first-order chi connectivity index (χ1) is 2.39. The maximum Gasteiger partial charge on any atom is 0.0177 e. The van der Waals surface area contributed by atoms with E-state index >= 15 is 0 Å². The molecule has 1 fully saturated rings. The summed E-state index contributed by atoms with van der Waals surface area (Å²) < 4.78 is 0. The van der Waals surface area contributed by atoms with E-state index in [-0.39, 0.29) is 0 Å². The average molecular weight is 134 g/mol. The Morgan fingerprint density at radius 3 is 2.20 bits per heavy atom. The summed E-state index contributed by atoms with van der Waals surface area (Å²) in [6.45, 7) is 0. The maximum absolute atomic E-state index is 3.40. The molecule has 0 bridgehead atoms. The van der Waals surface area contributed by atoms with E-state index < -0.39 is 0 Å². The lowest BCUT2D eigenvalue weighted by molar-refractivity contribution is 0.680. The highest BCUT2D eigenvalue weighted by Gasteiger charge is 2.11. The second-order valence-electron chi connectivity index (χ2n) is 1.33. The third-order valence-corrected chi connectivity index (χ3v) is 1.70. The third kappa shape index (κ3) is 0.656. The van der Waals surface area contributed by atoms with Crippen molar-refractivity contribution in [2.75, 3.05) is 0 Å². The van der Waals surface area contributed by atoms with Gasteiger partial charge >= 0.3 is 0 Å². The highest BCUT2D eigenvalue weighted by molar-refractivity contribution is 9.09. The van der Waals surface area contributed by atoms with Gasteiger partial charge in [-0.05, 0) is 19.3 Å². The Hall–Kier alpha value is 0.480. The summed E-state index contributed by atoms with van der Waals surface area (Å²) >= 11 is 3.40. The van der Waals surface area contributed by atoms with Crippen LogP contribution in [0.1, 0.15) is 12.8 Å². The minimum absolute atomic E-state index is 0.752. The first-order valence-corrected chi connectivity index (χ1v) is 2.78. The summed E-state index contributed by atoms with van der Waals surface area (Å²) in [5.74, 6) is 0. The predicted molar refractivity (Wildman–Crippen MR) is 26.2 cm³/mol. The summed E-state index contributed by atoms with van der Waals surface area (Å²) in [6, 6.07) is 0. The van der Waals surface area contributed by atoms with E-state index in [1.54, 1.807) is 0 Å². The van der Waals surface area contributed by atoms with Crippen LogP contribution in [0.3, 0.4) is 0 Å². The van der Waals surface area contributed by atoms with Crippen molar-refractivity contribution in [1.29, 1.82) is 0 Å². The van der Waals surface area contributed by atoms with Gasteiger partial charge in [0.25, 0.3) is 0 Å². The Morgan fingerprint density at radius 1 is 1.80 bits per heavy atom. The molecule has 1 aliphatic carbocycles. The summed E-state index contributed by atoms with van der Waals surface area (Å²) in [7, 11) is 0. The van der Waals surface area contributed by atoms with Crippen LogP contribution in [0.5, 0.6) is 0 Å². The van der Waals surface area contributed by atoms with Crippen molar-refractivity contribution in [3.05, 3.63) is 6.42 Å². The molecule has 1 rings (SSSR count). The van der Waals surface area contributed by atoms with Gasteiger partial charge in [-0.2, -0.15) is 0 Å². The Bertz CT molecular complexity index is 30.6. The molecular weight excluding hydrogens is 128 g/mol. The zero-order valence-electron chi connectivity index (χ0n) is 2.95. The highest BCUT2D eigenvalue weighted by atomic mass is 79.9. The van der Waals surface area contributed by atoms with Gasteiger partial charge in [0, 0.05) is 4.83 Å². The smallest absolute Gasteiger partial charge is 0.0177 e. The molecule has 0 aromatic heterocycles. The molecule has 0 heterocycles. The van der Waals surface area contributed by atoms with Crippen molar-refractivity contribution in [3.63, 3.8) is 0 Å². The second kappa shape index (κ2) is 1.29. The fourth-order valence-corrected chi connectivity index (χ4v) is 0.821. The zero-order chi connectivity index (χ0) is 3.70. The van der Waals surface area contributed by atoms with Gasteiger partial charge in [0.05, 0.1) is 0 Å². The van der Waals surface area contributed by atoms with E-state index in [2.05, 4.69) is 22.4 Å². The van der Waals surface area contributed by atoms with Crippen molar-refractivity contribution in [3.8, 4) is 0 Å². The number of halogens is 1. The molecule has 0 saturated heterocycles. The number of alkyl halides is 1. The monoisotopic (exact) mass is 133 g/mol. The summed E-state index contributed by atoms with van der Waals surface area (Å²) in [5, 5.41) is 0. The molecule has 1 radical (unpaired) electrons. The minimum Gasteiger partial charge on any atom is -0.0888 e. The van der Waals surface area contributed by atoms with Crippen molar-refractivity contribution in [1.82, 2.24) is 0 Å². The van der Waals surface area contributed by atoms with Crippen molar-refractivity contribution >= 4 is 15.9 Å². The minimum atomic E-state index is 0.752. The van der Waals surface area contributed by atoms with Crippen LogP contribution in [0.15, 0.2) is 0 Å². The number of hydrogen-bond donors (Lipinski definition) is 0. The van der Waals surface area contributed by atoms with Crippen LogP contribution < -0.4 is 0 Å². The van der Waals surface area contributed by atoms with Crippen LogP contribution in [-0.2, 0) is 0 Å². The molecule has 0 spiro atoms. The van der Waals surface area contributed by atoms with Crippen molar-refractivity contribution in [2.24, 2.45) is 0 Å². The van der Waals surface area contributed by atoms with Gasteiger partial charge in [0.2, 0.25) is 0 Å². The van der Waals surface area contributed by atoms with Gasteiger partial charge in [-0.3, -0.25) is 0 Å². The highest BCUT2D eigenvalue weighted by Crippen LogP contribution is 2.24. The Morgan fingerprint density at radius 2 is 2.20 bits per heavy atom. The summed E-state index contributed by atoms with van der Waals surface area (Å²) in [4.78, 5) is 0.752. The molecule has 0 aliphatic heterocycles. The molecule has 0 amide bonds. The number of rotatable bonds is 0. The first-order valence-electron chi connectivity index (χ1n) is 1.87. The van der Waals surface area contributed by atoms with Crippen LogP contribution in [-0.4, -0.2) is 4.83 Å². The van der Waals surface area contributed by atoms with E-state index in [1.165, 1.54) is 12.8 Å². The fourth-order valence-electron chi connectivity index (χ4n) is 0.293. The van der Waals surface area contributed by atoms with Crippen LogP contribution in [0.2, 0.25) is 0 Å². The van der Waals surface area contributed by atoms with E-state index in [0.29, 0.717) is 0 Å². The summed E-state index contributed by atoms with van der Waals surface area (Å²) in [5.41, 5.74) is 0. The van der Waals surface area contributed by atoms with Gasteiger partial charge < -0.3 is 0 Å². The molecule has 0 aromatic carbocycles. The van der Waals surface area contributed by atoms with Gasteiger partial charge in [0.15, 0.2) is 0 Å². The van der Waals surface area contributed by atoms with Crippen LogP contribution >= 0.6 is 15.9 Å². The lowest BCUT2D eigenvalue weighted by atomic mass is 10.0.